The molecule has 1 aromatic carbocycles. The summed E-state index contributed by atoms with van der Waals surface area (Å²) in [5, 5.41) is 5.13. The summed E-state index contributed by atoms with van der Waals surface area (Å²) in [5.41, 5.74) is 0.274. The first-order chi connectivity index (χ1) is 14.8. The Balaban J connectivity index is 1.53. The Morgan fingerprint density at radius 2 is 1.94 bits per heavy atom. The van der Waals surface area contributed by atoms with E-state index in [1.807, 2.05) is 0 Å². The number of amides is 2. The van der Waals surface area contributed by atoms with Crippen molar-refractivity contribution in [1.29, 1.82) is 0 Å². The second kappa shape index (κ2) is 10.5. The van der Waals surface area contributed by atoms with Crippen LogP contribution in [0.25, 0.3) is 0 Å². The van der Waals surface area contributed by atoms with Crippen LogP contribution in [0.15, 0.2) is 23.1 Å². The number of halogens is 1. The van der Waals surface area contributed by atoms with E-state index in [0.717, 1.165) is 31.7 Å². The van der Waals surface area contributed by atoms with Crippen molar-refractivity contribution in [3.8, 4) is 0 Å². The first kappa shape index (κ1) is 23.6. The minimum Gasteiger partial charge on any atom is -0.376 e. The average molecular weight is 456 g/mol. The van der Waals surface area contributed by atoms with Crippen molar-refractivity contribution in [3.05, 3.63) is 29.6 Å². The van der Waals surface area contributed by atoms with Gasteiger partial charge in [0, 0.05) is 32.3 Å². The van der Waals surface area contributed by atoms with Gasteiger partial charge in [-0.15, -0.1) is 0 Å². The predicted molar refractivity (Wildman–Crippen MR) is 112 cm³/mol. The van der Waals surface area contributed by atoms with E-state index in [0.29, 0.717) is 32.5 Å². The summed E-state index contributed by atoms with van der Waals surface area (Å²) in [6.45, 7) is 3.06. The topological polar surface area (TPSA) is 105 Å². The fourth-order valence-electron chi connectivity index (χ4n) is 4.02. The van der Waals surface area contributed by atoms with Crippen molar-refractivity contribution in [1.82, 2.24) is 14.9 Å². The van der Waals surface area contributed by atoms with Gasteiger partial charge in [0.05, 0.1) is 11.0 Å². The zero-order valence-electron chi connectivity index (χ0n) is 17.7. The molecule has 2 saturated heterocycles. The third-order valence-corrected chi connectivity index (χ3v) is 7.74. The molecule has 0 bridgehead atoms. The smallest absolute Gasteiger partial charge is 0.309 e. The van der Waals surface area contributed by atoms with Crippen LogP contribution in [-0.4, -0.2) is 62.9 Å². The number of carbonyl (C=O) groups is 2. The highest BCUT2D eigenvalue weighted by Crippen LogP contribution is 2.27. The molecule has 8 nitrogen and oxygen atoms in total. The Bertz CT molecular complexity index is 902. The third kappa shape index (κ3) is 6.02. The number of nitrogens with one attached hydrogen (secondary N) is 2. The molecule has 10 heteroatoms. The van der Waals surface area contributed by atoms with Crippen molar-refractivity contribution >= 4 is 21.8 Å². The summed E-state index contributed by atoms with van der Waals surface area (Å²) in [6.07, 6.45) is 4.45. The molecule has 0 aliphatic carbocycles. The first-order valence-corrected chi connectivity index (χ1v) is 12.2. The standard InChI is InChI=1S/C21H30FN3O5S/c1-15-13-18(7-8-19(15)22)31(28,29)25-11-3-2-5-16(25)9-10-23-20(26)21(27)24-14-17-6-4-12-30-17/h7-8,13,16-17H,2-6,9-12,14H2,1H3,(H,23,26)(H,24,27)/t16-,17+/m1/s1. The van der Waals surface area contributed by atoms with Gasteiger partial charge in [0.15, 0.2) is 0 Å². The Morgan fingerprint density at radius 3 is 2.65 bits per heavy atom. The van der Waals surface area contributed by atoms with Gasteiger partial charge < -0.3 is 15.4 Å². The lowest BCUT2D eigenvalue weighted by atomic mass is 10.0. The molecule has 2 amide bonds. The highest BCUT2D eigenvalue weighted by molar-refractivity contribution is 7.89. The predicted octanol–water partition coefficient (Wildman–Crippen LogP) is 1.48. The fourth-order valence-corrected chi connectivity index (χ4v) is 5.83. The molecule has 0 radical (unpaired) electrons. The van der Waals surface area contributed by atoms with Crippen LogP contribution >= 0.6 is 0 Å². The lowest BCUT2D eigenvalue weighted by Gasteiger charge is -2.34. The Kier molecular flexibility index (Phi) is 8.01. The quantitative estimate of drug-likeness (QED) is 0.606. The lowest BCUT2D eigenvalue weighted by Crippen LogP contribution is -2.47. The number of nitrogens with zero attached hydrogens (tertiary/aromatic N) is 1. The first-order valence-electron chi connectivity index (χ1n) is 10.7. The SMILES string of the molecule is Cc1cc(S(=O)(=O)N2CCCC[C@@H]2CCNC(=O)C(=O)NC[C@@H]2CCCO2)ccc1F. The molecule has 2 aliphatic heterocycles. The van der Waals surface area contributed by atoms with E-state index in [2.05, 4.69) is 10.6 Å². The van der Waals surface area contributed by atoms with Crippen LogP contribution in [0.5, 0.6) is 0 Å². The monoisotopic (exact) mass is 455 g/mol. The number of sulfonamides is 1. The van der Waals surface area contributed by atoms with Crippen molar-refractivity contribution in [2.24, 2.45) is 0 Å². The fraction of sp³-hybridized carbons (Fsp3) is 0.619. The van der Waals surface area contributed by atoms with Gasteiger partial charge in [-0.05, 0) is 62.8 Å². The molecule has 2 heterocycles. The van der Waals surface area contributed by atoms with Gasteiger partial charge in [-0.2, -0.15) is 4.31 Å². The van der Waals surface area contributed by atoms with Gasteiger partial charge >= 0.3 is 11.8 Å². The van der Waals surface area contributed by atoms with Crippen molar-refractivity contribution in [2.45, 2.75) is 62.5 Å². The number of hydrogen-bond donors (Lipinski definition) is 2. The van der Waals surface area contributed by atoms with E-state index in [1.54, 1.807) is 0 Å². The number of aryl methyl sites for hydroxylation is 1. The van der Waals surface area contributed by atoms with E-state index in [4.69, 9.17) is 4.74 Å². The summed E-state index contributed by atoms with van der Waals surface area (Å²) in [5.74, 6) is -1.91. The Hall–Kier alpha value is -2.04. The highest BCUT2D eigenvalue weighted by atomic mass is 32.2. The van der Waals surface area contributed by atoms with E-state index in [-0.39, 0.29) is 29.1 Å². The second-order valence-corrected chi connectivity index (χ2v) is 9.96. The van der Waals surface area contributed by atoms with Crippen LogP contribution in [0.4, 0.5) is 4.39 Å². The second-order valence-electron chi connectivity index (χ2n) is 8.07. The number of benzene rings is 1. The molecule has 0 saturated carbocycles. The summed E-state index contributed by atoms with van der Waals surface area (Å²) in [4.78, 5) is 24.0. The number of carbonyl (C=O) groups excluding carboxylic acids is 2. The van der Waals surface area contributed by atoms with Gasteiger partial charge in [-0.3, -0.25) is 9.59 Å². The molecule has 2 atom stereocenters. The van der Waals surface area contributed by atoms with Gasteiger partial charge in [0.1, 0.15) is 5.82 Å². The average Bonchev–Trinajstić information content (AvgIpc) is 3.27. The molecule has 31 heavy (non-hydrogen) atoms. The van der Waals surface area contributed by atoms with Crippen LogP contribution < -0.4 is 10.6 Å². The molecule has 2 aliphatic rings. The third-order valence-electron chi connectivity index (χ3n) is 5.79. The van der Waals surface area contributed by atoms with Crippen LogP contribution in [0, 0.1) is 12.7 Å². The minimum absolute atomic E-state index is 0.0483. The van der Waals surface area contributed by atoms with Gasteiger partial charge in [-0.1, -0.05) is 6.42 Å². The summed E-state index contributed by atoms with van der Waals surface area (Å²) in [7, 11) is -3.77. The van der Waals surface area contributed by atoms with E-state index in [9.17, 15) is 22.4 Å². The molecule has 2 N–H and O–H groups in total. The van der Waals surface area contributed by atoms with Gasteiger partial charge in [0.25, 0.3) is 0 Å². The van der Waals surface area contributed by atoms with E-state index >= 15 is 0 Å². The van der Waals surface area contributed by atoms with E-state index < -0.39 is 27.7 Å². The van der Waals surface area contributed by atoms with Crippen LogP contribution in [0.3, 0.4) is 0 Å². The van der Waals surface area contributed by atoms with Crippen molar-refractivity contribution < 1.29 is 27.1 Å². The summed E-state index contributed by atoms with van der Waals surface area (Å²) in [6, 6.07) is 3.50. The molecular weight excluding hydrogens is 425 g/mol. The molecule has 0 unspecified atom stereocenters. The molecule has 3 rings (SSSR count). The Labute approximate surface area is 182 Å². The van der Waals surface area contributed by atoms with Crippen LogP contribution in [0.1, 0.15) is 44.1 Å². The van der Waals surface area contributed by atoms with Gasteiger partial charge in [0.2, 0.25) is 10.0 Å². The lowest BCUT2D eigenvalue weighted by molar-refractivity contribution is -0.139. The maximum Gasteiger partial charge on any atom is 0.309 e. The van der Waals surface area contributed by atoms with Gasteiger partial charge in [-0.25, -0.2) is 12.8 Å². The number of piperidine rings is 1. The summed E-state index contributed by atoms with van der Waals surface area (Å²) >= 11 is 0. The molecule has 1 aromatic rings. The maximum absolute atomic E-state index is 13.6. The van der Waals surface area contributed by atoms with Crippen molar-refractivity contribution in [2.75, 3.05) is 26.2 Å². The number of ether oxygens (including phenoxy) is 1. The van der Waals surface area contributed by atoms with Crippen molar-refractivity contribution in [3.63, 3.8) is 0 Å². The molecule has 172 valence electrons. The number of hydrogen-bond acceptors (Lipinski definition) is 5. The maximum atomic E-state index is 13.6. The minimum atomic E-state index is -3.77. The van der Waals surface area contributed by atoms with Crippen LogP contribution in [-0.2, 0) is 24.3 Å². The van der Waals surface area contributed by atoms with Crippen LogP contribution in [0.2, 0.25) is 0 Å². The van der Waals surface area contributed by atoms with E-state index in [1.165, 1.54) is 23.4 Å². The largest absolute Gasteiger partial charge is 0.376 e. The molecular formula is C21H30FN3O5S. The summed E-state index contributed by atoms with van der Waals surface area (Å²) < 4.78 is 46.6. The zero-order valence-corrected chi connectivity index (χ0v) is 18.5. The highest BCUT2D eigenvalue weighted by Gasteiger charge is 2.33. The molecule has 0 spiro atoms. The molecule has 0 aromatic heterocycles. The zero-order chi connectivity index (χ0) is 22.4. The molecule has 2 fully saturated rings. The Morgan fingerprint density at radius 1 is 1.16 bits per heavy atom. The normalized spacial score (nSPS) is 22.3. The number of rotatable bonds is 7.